The first-order valence-electron chi connectivity index (χ1n) is 13.7. The summed E-state index contributed by atoms with van der Waals surface area (Å²) in [6.45, 7) is 2.11. The number of primary sulfonamides is 1. The van der Waals surface area contributed by atoms with Crippen LogP contribution < -0.4 is 15.2 Å². The number of ether oxygens (including phenoxy) is 1. The van der Waals surface area contributed by atoms with Gasteiger partial charge in [0.2, 0.25) is 10.0 Å². The number of hydrogen-bond donors (Lipinski definition) is 2. The number of nitrogens with one attached hydrogen (secondary N) is 1. The number of benzene rings is 3. The standard InChI is InChI=1S/C31H33ClFN3O4S2/c1-18-4-14-25(33)29-27(18)28(32)30(41-29)31(37)36(23-10-8-22(35-2)9-11-23)17-21-16-20(7-15-26(21)40-3)19-5-12-24(13-6-19)42(34,38)39/h4-7,12-16,22-23,35H,8-11,17H2,1-3H3,(H2,34,38,39). The highest BCUT2D eigenvalue weighted by Gasteiger charge is 2.32. The summed E-state index contributed by atoms with van der Waals surface area (Å²) in [6, 6.07) is 15.4. The SMILES string of the molecule is CNC1CCC(N(Cc2cc(-c3ccc(S(N)(=O)=O)cc3)ccc2OC)C(=O)c2sc3c(F)ccc(C)c3c2Cl)CC1. The minimum atomic E-state index is -3.81. The van der Waals surface area contributed by atoms with Gasteiger partial charge in [-0.25, -0.2) is 17.9 Å². The van der Waals surface area contributed by atoms with Crippen molar-refractivity contribution in [2.45, 2.75) is 56.1 Å². The highest BCUT2D eigenvalue weighted by atomic mass is 35.5. The quantitative estimate of drug-likeness (QED) is 0.232. The van der Waals surface area contributed by atoms with Gasteiger partial charge in [-0.1, -0.05) is 35.9 Å². The summed E-state index contributed by atoms with van der Waals surface area (Å²) < 4.78 is 44.3. The van der Waals surface area contributed by atoms with Crippen LogP contribution in [0.5, 0.6) is 5.75 Å². The second-order valence-electron chi connectivity index (χ2n) is 10.6. The normalized spacial score (nSPS) is 17.4. The third kappa shape index (κ3) is 6.05. The number of hydrogen-bond acceptors (Lipinski definition) is 6. The topological polar surface area (TPSA) is 102 Å². The second-order valence-corrected chi connectivity index (χ2v) is 13.6. The molecule has 0 radical (unpaired) electrons. The predicted octanol–water partition coefficient (Wildman–Crippen LogP) is 6.50. The van der Waals surface area contributed by atoms with Gasteiger partial charge >= 0.3 is 0 Å². The Morgan fingerprint density at radius 2 is 1.76 bits per heavy atom. The molecule has 3 N–H and O–H groups in total. The lowest BCUT2D eigenvalue weighted by Crippen LogP contribution is -2.44. The van der Waals surface area contributed by atoms with E-state index in [1.54, 1.807) is 25.3 Å². The molecule has 5 rings (SSSR count). The van der Waals surface area contributed by atoms with E-state index >= 15 is 0 Å². The van der Waals surface area contributed by atoms with E-state index < -0.39 is 15.8 Å². The summed E-state index contributed by atoms with van der Waals surface area (Å²) in [4.78, 5) is 16.5. The van der Waals surface area contributed by atoms with E-state index in [1.165, 1.54) is 18.2 Å². The Morgan fingerprint density at radius 1 is 1.10 bits per heavy atom. The van der Waals surface area contributed by atoms with Crippen LogP contribution in [-0.4, -0.2) is 45.5 Å². The van der Waals surface area contributed by atoms with E-state index in [1.807, 2.05) is 37.1 Å². The number of nitrogens with two attached hydrogens (primary N) is 1. The number of amides is 1. The number of thiophene rings is 1. The van der Waals surface area contributed by atoms with Gasteiger partial charge in [-0.05, 0) is 86.7 Å². The van der Waals surface area contributed by atoms with Gasteiger partial charge in [-0.15, -0.1) is 11.3 Å². The Labute approximate surface area is 254 Å². The first kappa shape index (κ1) is 30.4. The van der Waals surface area contributed by atoms with Crippen LogP contribution in [0, 0.1) is 12.7 Å². The van der Waals surface area contributed by atoms with Gasteiger partial charge in [-0.3, -0.25) is 4.79 Å². The fourth-order valence-corrected chi connectivity index (χ4v) is 7.84. The Morgan fingerprint density at radius 3 is 2.36 bits per heavy atom. The molecular formula is C31H33ClFN3O4S2. The molecule has 222 valence electrons. The predicted molar refractivity (Wildman–Crippen MR) is 166 cm³/mol. The molecule has 1 aliphatic carbocycles. The number of rotatable bonds is 8. The monoisotopic (exact) mass is 629 g/mol. The van der Waals surface area contributed by atoms with Crippen molar-refractivity contribution in [2.24, 2.45) is 5.14 Å². The van der Waals surface area contributed by atoms with E-state index in [2.05, 4.69) is 5.32 Å². The molecular weight excluding hydrogens is 597 g/mol. The molecule has 42 heavy (non-hydrogen) atoms. The van der Waals surface area contributed by atoms with Gasteiger partial charge in [0.05, 0.1) is 21.7 Å². The van der Waals surface area contributed by atoms with Crippen LogP contribution in [0.15, 0.2) is 59.5 Å². The highest BCUT2D eigenvalue weighted by molar-refractivity contribution is 7.89. The van der Waals surface area contributed by atoms with Crippen LogP contribution in [0.2, 0.25) is 5.02 Å². The van der Waals surface area contributed by atoms with Crippen molar-refractivity contribution in [3.05, 3.63) is 81.4 Å². The highest BCUT2D eigenvalue weighted by Crippen LogP contribution is 2.41. The molecule has 11 heteroatoms. The number of carbonyl (C=O) groups excluding carboxylic acids is 1. The van der Waals surface area contributed by atoms with Crippen molar-refractivity contribution >= 4 is 49.0 Å². The Hall–Kier alpha value is -3.02. The molecule has 0 unspecified atom stereocenters. The van der Waals surface area contributed by atoms with Gasteiger partial charge in [0.15, 0.2) is 0 Å². The molecule has 4 aromatic rings. The third-order valence-electron chi connectivity index (χ3n) is 8.08. The van der Waals surface area contributed by atoms with Crippen LogP contribution in [0.4, 0.5) is 4.39 Å². The average Bonchev–Trinajstić information content (AvgIpc) is 3.35. The van der Waals surface area contributed by atoms with E-state index in [0.29, 0.717) is 26.8 Å². The summed E-state index contributed by atoms with van der Waals surface area (Å²) in [5.41, 5.74) is 3.22. The van der Waals surface area contributed by atoms with Crippen molar-refractivity contribution in [1.82, 2.24) is 10.2 Å². The van der Waals surface area contributed by atoms with Crippen LogP contribution in [0.25, 0.3) is 21.2 Å². The minimum Gasteiger partial charge on any atom is -0.496 e. The van der Waals surface area contributed by atoms with Crippen LogP contribution in [0.3, 0.4) is 0 Å². The number of methoxy groups -OCH3 is 1. The zero-order chi connectivity index (χ0) is 30.2. The zero-order valence-electron chi connectivity index (χ0n) is 23.6. The summed E-state index contributed by atoms with van der Waals surface area (Å²) >= 11 is 7.87. The van der Waals surface area contributed by atoms with E-state index in [9.17, 15) is 17.6 Å². The van der Waals surface area contributed by atoms with Crippen LogP contribution in [-0.2, 0) is 16.6 Å². The number of halogens is 2. The lowest BCUT2D eigenvalue weighted by atomic mass is 9.89. The van der Waals surface area contributed by atoms with Gasteiger partial charge < -0.3 is 15.0 Å². The third-order valence-corrected chi connectivity index (χ3v) is 10.7. The number of nitrogens with zero attached hydrogens (tertiary/aromatic N) is 1. The molecule has 1 saturated carbocycles. The van der Waals surface area contributed by atoms with Gasteiger partial charge in [0.25, 0.3) is 5.91 Å². The molecule has 0 atom stereocenters. The molecule has 0 spiro atoms. The summed E-state index contributed by atoms with van der Waals surface area (Å²) in [6.07, 6.45) is 3.47. The van der Waals surface area contributed by atoms with Crippen molar-refractivity contribution < 1.29 is 22.3 Å². The maximum atomic E-state index is 14.8. The number of aryl methyl sites for hydroxylation is 1. The average molecular weight is 630 g/mol. The summed E-state index contributed by atoms with van der Waals surface area (Å²) in [5, 5.41) is 9.46. The van der Waals surface area contributed by atoms with Crippen LogP contribution in [0.1, 0.15) is 46.5 Å². The Balaban J connectivity index is 1.55. The first-order valence-corrected chi connectivity index (χ1v) is 16.4. The molecule has 3 aromatic carbocycles. The van der Waals surface area contributed by atoms with Crippen molar-refractivity contribution in [3.63, 3.8) is 0 Å². The van der Waals surface area contributed by atoms with Gasteiger partial charge in [-0.2, -0.15) is 0 Å². The molecule has 1 heterocycles. The number of fused-ring (bicyclic) bond motifs is 1. The Bertz CT molecular complexity index is 1730. The van der Waals surface area contributed by atoms with Crippen molar-refractivity contribution in [1.29, 1.82) is 0 Å². The van der Waals surface area contributed by atoms with E-state index in [4.69, 9.17) is 21.5 Å². The largest absolute Gasteiger partial charge is 0.496 e. The fraction of sp³-hybridized carbons (Fsp3) is 0.323. The smallest absolute Gasteiger partial charge is 0.266 e. The lowest BCUT2D eigenvalue weighted by molar-refractivity contribution is 0.0604. The van der Waals surface area contributed by atoms with Crippen molar-refractivity contribution in [2.75, 3.05) is 14.2 Å². The lowest BCUT2D eigenvalue weighted by Gasteiger charge is -2.37. The minimum absolute atomic E-state index is 0.0285. The van der Waals surface area contributed by atoms with Gasteiger partial charge in [0.1, 0.15) is 16.4 Å². The van der Waals surface area contributed by atoms with Crippen LogP contribution >= 0.6 is 22.9 Å². The molecule has 1 amide bonds. The van der Waals surface area contributed by atoms with Crippen molar-refractivity contribution in [3.8, 4) is 16.9 Å². The maximum Gasteiger partial charge on any atom is 0.266 e. The molecule has 1 aromatic heterocycles. The first-order chi connectivity index (χ1) is 20.0. The zero-order valence-corrected chi connectivity index (χ0v) is 26.0. The van der Waals surface area contributed by atoms with E-state index in [-0.39, 0.29) is 28.4 Å². The second kappa shape index (κ2) is 12.3. The van der Waals surface area contributed by atoms with E-state index in [0.717, 1.165) is 59.3 Å². The molecule has 0 bridgehead atoms. The molecule has 0 aliphatic heterocycles. The summed E-state index contributed by atoms with van der Waals surface area (Å²) in [5.74, 6) is -0.0192. The number of carbonyl (C=O) groups is 1. The Kier molecular flexibility index (Phi) is 8.91. The molecule has 1 aliphatic rings. The van der Waals surface area contributed by atoms with Gasteiger partial charge in [0, 0.05) is 29.6 Å². The molecule has 1 fully saturated rings. The molecule has 7 nitrogen and oxygen atoms in total. The fourth-order valence-electron chi connectivity index (χ4n) is 5.70. The summed E-state index contributed by atoms with van der Waals surface area (Å²) in [7, 11) is -0.278. The maximum absolute atomic E-state index is 14.8. The number of sulfonamides is 1. The molecule has 0 saturated heterocycles.